The molecule has 0 spiro atoms. The van der Waals surface area contributed by atoms with Crippen LogP contribution >= 0.6 is 0 Å². The van der Waals surface area contributed by atoms with Crippen molar-refractivity contribution in [3.05, 3.63) is 83.4 Å². The monoisotopic (exact) mass is 490 g/mol. The van der Waals surface area contributed by atoms with Crippen molar-refractivity contribution in [3.63, 3.8) is 0 Å². The van der Waals surface area contributed by atoms with Crippen LogP contribution in [0.3, 0.4) is 0 Å². The highest BCUT2D eigenvalue weighted by molar-refractivity contribution is 5.92. The molecule has 0 aliphatic carbocycles. The minimum Gasteiger partial charge on any atom is -0.494 e. The number of esters is 1. The van der Waals surface area contributed by atoms with Gasteiger partial charge < -0.3 is 18.9 Å². The molecule has 0 saturated carbocycles. The summed E-state index contributed by atoms with van der Waals surface area (Å²) in [5.74, 6) is 1.04. The molecule has 0 aliphatic rings. The molecule has 0 atom stereocenters. The van der Waals surface area contributed by atoms with E-state index in [4.69, 9.17) is 18.9 Å². The lowest BCUT2D eigenvalue weighted by atomic mass is 10.2. The van der Waals surface area contributed by atoms with Gasteiger partial charge in [0, 0.05) is 0 Å². The Morgan fingerprint density at radius 3 is 2.14 bits per heavy atom. The SMILES string of the molecule is CCOc1ccc(C(=O)Oc2ccc(C=NNC(=O)COc3ccc(CC)cc3)cc2OCC)cc1. The summed E-state index contributed by atoms with van der Waals surface area (Å²) in [6.45, 7) is 6.55. The van der Waals surface area contributed by atoms with Crippen molar-refractivity contribution in [1.82, 2.24) is 5.43 Å². The van der Waals surface area contributed by atoms with Gasteiger partial charge in [0.1, 0.15) is 11.5 Å². The third-order valence-corrected chi connectivity index (χ3v) is 4.98. The third-order valence-electron chi connectivity index (χ3n) is 4.98. The number of carbonyl (C=O) groups is 2. The Hall–Kier alpha value is -4.33. The van der Waals surface area contributed by atoms with E-state index in [1.54, 1.807) is 42.5 Å². The maximum Gasteiger partial charge on any atom is 0.343 e. The van der Waals surface area contributed by atoms with Crippen LogP contribution in [0.2, 0.25) is 0 Å². The normalized spacial score (nSPS) is 10.6. The molecule has 0 aliphatic heterocycles. The molecule has 188 valence electrons. The molecule has 0 unspecified atom stereocenters. The second-order valence-electron chi connectivity index (χ2n) is 7.57. The number of amides is 1. The summed E-state index contributed by atoms with van der Waals surface area (Å²) in [6.07, 6.45) is 2.40. The van der Waals surface area contributed by atoms with Crippen molar-refractivity contribution < 1.29 is 28.5 Å². The van der Waals surface area contributed by atoms with Crippen molar-refractivity contribution in [3.8, 4) is 23.0 Å². The average Bonchev–Trinajstić information content (AvgIpc) is 2.90. The molecular formula is C28H30N2O6. The number of hydrogen-bond donors (Lipinski definition) is 1. The Labute approximate surface area is 210 Å². The van der Waals surface area contributed by atoms with E-state index in [-0.39, 0.29) is 12.4 Å². The van der Waals surface area contributed by atoms with Crippen LogP contribution in [0.15, 0.2) is 71.8 Å². The fraction of sp³-hybridized carbons (Fsp3) is 0.250. The van der Waals surface area contributed by atoms with Gasteiger partial charge in [-0.05, 0) is 86.0 Å². The number of ether oxygens (including phenoxy) is 4. The van der Waals surface area contributed by atoms with Gasteiger partial charge in [-0.25, -0.2) is 10.2 Å². The molecule has 0 saturated heterocycles. The number of hydrogen-bond acceptors (Lipinski definition) is 7. The Morgan fingerprint density at radius 2 is 1.47 bits per heavy atom. The predicted octanol–water partition coefficient (Wildman–Crippen LogP) is 4.79. The van der Waals surface area contributed by atoms with Crippen molar-refractivity contribution in [2.75, 3.05) is 19.8 Å². The van der Waals surface area contributed by atoms with E-state index in [1.807, 2.05) is 38.1 Å². The zero-order valence-corrected chi connectivity index (χ0v) is 20.7. The molecule has 3 aromatic rings. The molecule has 8 heteroatoms. The maximum atomic E-state index is 12.6. The van der Waals surface area contributed by atoms with E-state index in [1.165, 1.54) is 11.8 Å². The Kier molecular flexibility index (Phi) is 9.88. The van der Waals surface area contributed by atoms with Crippen LogP contribution in [0.25, 0.3) is 0 Å². The molecular weight excluding hydrogens is 460 g/mol. The summed E-state index contributed by atoms with van der Waals surface area (Å²) in [6, 6.07) is 19.3. The number of carbonyl (C=O) groups excluding carboxylic acids is 2. The number of rotatable bonds is 12. The molecule has 0 fully saturated rings. The number of nitrogens with one attached hydrogen (secondary N) is 1. The van der Waals surface area contributed by atoms with E-state index in [2.05, 4.69) is 17.5 Å². The van der Waals surface area contributed by atoms with Gasteiger partial charge in [-0.3, -0.25) is 4.79 Å². The van der Waals surface area contributed by atoms with E-state index in [0.717, 1.165) is 6.42 Å². The van der Waals surface area contributed by atoms with Gasteiger partial charge in [-0.1, -0.05) is 19.1 Å². The first-order valence-electron chi connectivity index (χ1n) is 11.8. The van der Waals surface area contributed by atoms with E-state index in [9.17, 15) is 9.59 Å². The zero-order valence-electron chi connectivity index (χ0n) is 20.7. The fourth-order valence-corrected chi connectivity index (χ4v) is 3.15. The first kappa shape index (κ1) is 26.3. The summed E-state index contributed by atoms with van der Waals surface area (Å²) in [4.78, 5) is 24.6. The summed E-state index contributed by atoms with van der Waals surface area (Å²) in [5.41, 5.74) is 4.66. The van der Waals surface area contributed by atoms with E-state index < -0.39 is 11.9 Å². The van der Waals surface area contributed by atoms with Crippen molar-refractivity contribution in [1.29, 1.82) is 0 Å². The van der Waals surface area contributed by atoms with Gasteiger partial charge in [0.05, 0.1) is 25.0 Å². The smallest absolute Gasteiger partial charge is 0.343 e. The first-order valence-corrected chi connectivity index (χ1v) is 11.8. The van der Waals surface area contributed by atoms with Gasteiger partial charge in [-0.15, -0.1) is 0 Å². The van der Waals surface area contributed by atoms with Crippen LogP contribution in [0.1, 0.15) is 42.3 Å². The Balaban J connectivity index is 1.57. The second kappa shape index (κ2) is 13.5. The van der Waals surface area contributed by atoms with Crippen molar-refractivity contribution in [2.45, 2.75) is 27.2 Å². The minimum atomic E-state index is -0.517. The Morgan fingerprint density at radius 1 is 0.806 bits per heavy atom. The highest BCUT2D eigenvalue weighted by atomic mass is 16.6. The van der Waals surface area contributed by atoms with Crippen LogP contribution in [-0.2, 0) is 11.2 Å². The molecule has 3 rings (SSSR count). The number of hydrazone groups is 1. The van der Waals surface area contributed by atoms with Gasteiger partial charge in [0.25, 0.3) is 5.91 Å². The average molecular weight is 491 g/mol. The molecule has 1 amide bonds. The lowest BCUT2D eigenvalue weighted by Crippen LogP contribution is -2.24. The quantitative estimate of drug-likeness (QED) is 0.170. The van der Waals surface area contributed by atoms with Gasteiger partial charge in [0.2, 0.25) is 0 Å². The van der Waals surface area contributed by atoms with Crippen LogP contribution in [0, 0.1) is 0 Å². The van der Waals surface area contributed by atoms with Crippen molar-refractivity contribution in [2.24, 2.45) is 5.10 Å². The van der Waals surface area contributed by atoms with Crippen molar-refractivity contribution >= 4 is 18.1 Å². The molecule has 1 N–H and O–H groups in total. The molecule has 0 aromatic heterocycles. The predicted molar refractivity (Wildman–Crippen MR) is 137 cm³/mol. The molecule has 0 radical (unpaired) electrons. The lowest BCUT2D eigenvalue weighted by Gasteiger charge is -2.11. The molecule has 8 nitrogen and oxygen atoms in total. The number of nitrogens with zero attached hydrogens (tertiary/aromatic N) is 1. The van der Waals surface area contributed by atoms with Crippen LogP contribution < -0.4 is 24.4 Å². The lowest BCUT2D eigenvalue weighted by molar-refractivity contribution is -0.123. The Bertz CT molecular complexity index is 1170. The number of benzene rings is 3. The molecule has 0 heterocycles. The van der Waals surface area contributed by atoms with E-state index >= 15 is 0 Å². The van der Waals surface area contributed by atoms with Gasteiger partial charge in [0.15, 0.2) is 18.1 Å². The largest absolute Gasteiger partial charge is 0.494 e. The molecule has 36 heavy (non-hydrogen) atoms. The molecule has 3 aromatic carbocycles. The van der Waals surface area contributed by atoms with Crippen LogP contribution in [-0.4, -0.2) is 37.9 Å². The fourth-order valence-electron chi connectivity index (χ4n) is 3.15. The first-order chi connectivity index (χ1) is 17.5. The van der Waals surface area contributed by atoms with E-state index in [0.29, 0.717) is 41.6 Å². The second-order valence-corrected chi connectivity index (χ2v) is 7.57. The number of aryl methyl sites for hydroxylation is 1. The zero-order chi connectivity index (χ0) is 25.8. The van der Waals surface area contributed by atoms with Gasteiger partial charge >= 0.3 is 5.97 Å². The third kappa shape index (κ3) is 7.87. The highest BCUT2D eigenvalue weighted by Gasteiger charge is 2.13. The van der Waals surface area contributed by atoms with Crippen LogP contribution in [0.5, 0.6) is 23.0 Å². The summed E-state index contributed by atoms with van der Waals surface area (Å²) in [7, 11) is 0. The van der Waals surface area contributed by atoms with Crippen LogP contribution in [0.4, 0.5) is 0 Å². The van der Waals surface area contributed by atoms with Gasteiger partial charge in [-0.2, -0.15) is 5.10 Å². The summed E-state index contributed by atoms with van der Waals surface area (Å²) < 4.78 is 22.0. The molecule has 0 bridgehead atoms. The minimum absolute atomic E-state index is 0.159. The topological polar surface area (TPSA) is 95.5 Å². The summed E-state index contributed by atoms with van der Waals surface area (Å²) >= 11 is 0. The highest BCUT2D eigenvalue weighted by Crippen LogP contribution is 2.29. The standard InChI is InChI=1S/C28H30N2O6/c1-4-20-7-12-24(13-8-20)35-19-27(31)30-29-18-21-9-16-25(26(17-21)34-6-3)36-28(32)22-10-14-23(15-11-22)33-5-2/h7-18H,4-6,19H2,1-3H3,(H,30,31). The summed E-state index contributed by atoms with van der Waals surface area (Å²) in [5, 5.41) is 3.96. The maximum absolute atomic E-state index is 12.6.